The minimum atomic E-state index is -0.902. The van der Waals surface area contributed by atoms with Crippen molar-refractivity contribution in [3.05, 3.63) is 127 Å². The van der Waals surface area contributed by atoms with Gasteiger partial charge in [0.15, 0.2) is 0 Å². The maximum Gasteiger partial charge on any atom is 0.328 e. The van der Waals surface area contributed by atoms with Crippen LogP contribution in [0.15, 0.2) is 59.8 Å². The van der Waals surface area contributed by atoms with E-state index in [-0.39, 0.29) is 0 Å². The second-order valence-electron chi connectivity index (χ2n) is 12.8. The van der Waals surface area contributed by atoms with Crippen molar-refractivity contribution in [2.24, 2.45) is 0 Å². The van der Waals surface area contributed by atoms with E-state index in [2.05, 4.69) is 99.6 Å². The minimum Gasteiger partial charge on any atom is -0.478 e. The Hall–Kier alpha value is -3.65. The first-order valence-electron chi connectivity index (χ1n) is 16.3. The van der Waals surface area contributed by atoms with Crippen LogP contribution in [0.3, 0.4) is 0 Å². The highest BCUT2D eigenvalue weighted by atomic mass is 16.4. The molecule has 234 valence electrons. The molecule has 0 radical (unpaired) electrons. The lowest BCUT2D eigenvalue weighted by molar-refractivity contribution is -0.131. The highest BCUT2D eigenvalue weighted by Gasteiger charge is 2.22. The predicted octanol–water partition coefficient (Wildman–Crippen LogP) is 11.4. The molecule has 0 aromatic heterocycles. The van der Waals surface area contributed by atoms with Crippen LogP contribution in [0.1, 0.15) is 113 Å². The third-order valence-corrected chi connectivity index (χ3v) is 10.1. The molecule has 0 aliphatic heterocycles. The number of allylic oxidation sites excluding steroid dienone is 11. The average Bonchev–Trinajstić information content (AvgIpc) is 3.00. The number of hydrogen-bond donors (Lipinski definition) is 1. The third kappa shape index (κ3) is 7.89. The molecule has 0 spiro atoms. The third-order valence-electron chi connectivity index (χ3n) is 10.1. The van der Waals surface area contributed by atoms with E-state index in [9.17, 15) is 4.79 Å². The van der Waals surface area contributed by atoms with E-state index in [1.807, 2.05) is 12.2 Å². The first-order valence-corrected chi connectivity index (χ1v) is 16.3. The number of benzene rings is 2. The van der Waals surface area contributed by atoms with E-state index in [4.69, 9.17) is 5.11 Å². The van der Waals surface area contributed by atoms with Crippen LogP contribution in [-0.2, 0) is 17.6 Å². The van der Waals surface area contributed by atoms with Crippen LogP contribution in [0.5, 0.6) is 0 Å². The molecule has 1 N–H and O–H groups in total. The molecule has 2 aliphatic rings. The second-order valence-corrected chi connectivity index (χ2v) is 12.8. The van der Waals surface area contributed by atoms with Crippen LogP contribution in [0.2, 0.25) is 0 Å². The molecule has 2 heteroatoms. The standard InChI is InChI=1S/C21H26O2.C21H28/c1-13(12-20(22)23)8-6-9-18-10-7-11-19-16(4)14(2)15(3)17(5)21(18)19;1-7-14(2)10-8-11-19-12-9-13-20-17(5)15(3)16(4)18(6)21(19)20/h6,8-9,12H,7,10-11H2,1-5H3,(H,22,23);7-8,10-11H,9,12-13H2,1-6H3/b8-6+,13-12+,18-9?;10-8+,14-7+,19-11?. The van der Waals surface area contributed by atoms with Crippen LogP contribution in [0, 0.1) is 55.4 Å². The molecule has 0 atom stereocenters. The van der Waals surface area contributed by atoms with Crippen molar-refractivity contribution in [2.45, 2.75) is 115 Å². The zero-order valence-corrected chi connectivity index (χ0v) is 29.2. The lowest BCUT2D eigenvalue weighted by Gasteiger charge is -2.26. The van der Waals surface area contributed by atoms with Gasteiger partial charge in [0.2, 0.25) is 0 Å². The lowest BCUT2D eigenvalue weighted by Crippen LogP contribution is -2.10. The fourth-order valence-electron chi connectivity index (χ4n) is 6.74. The zero-order chi connectivity index (χ0) is 32.7. The molecule has 4 rings (SSSR count). The van der Waals surface area contributed by atoms with Gasteiger partial charge in [0.25, 0.3) is 0 Å². The van der Waals surface area contributed by atoms with Crippen molar-refractivity contribution in [3.63, 3.8) is 0 Å². The summed E-state index contributed by atoms with van der Waals surface area (Å²) in [4.78, 5) is 10.7. The monoisotopic (exact) mass is 590 g/mol. The summed E-state index contributed by atoms with van der Waals surface area (Å²) in [5.74, 6) is -0.902. The summed E-state index contributed by atoms with van der Waals surface area (Å²) in [5, 5.41) is 8.76. The van der Waals surface area contributed by atoms with Crippen LogP contribution < -0.4 is 0 Å². The maximum absolute atomic E-state index is 10.7. The Morgan fingerprint density at radius 3 is 1.34 bits per heavy atom. The molecule has 0 unspecified atom stereocenters. The largest absolute Gasteiger partial charge is 0.478 e. The number of carbonyl (C=O) groups is 1. The average molecular weight is 591 g/mol. The van der Waals surface area contributed by atoms with Gasteiger partial charge in [-0.3, -0.25) is 0 Å². The Bertz CT molecular complexity index is 1610. The van der Waals surface area contributed by atoms with Gasteiger partial charge in [-0.15, -0.1) is 0 Å². The van der Waals surface area contributed by atoms with Gasteiger partial charge < -0.3 is 5.11 Å². The van der Waals surface area contributed by atoms with E-state index in [0.717, 1.165) is 18.4 Å². The Labute approximate surface area is 267 Å². The molecule has 2 aliphatic carbocycles. The summed E-state index contributed by atoms with van der Waals surface area (Å²) in [6.45, 7) is 24.0. The van der Waals surface area contributed by atoms with Gasteiger partial charge in [-0.25, -0.2) is 4.79 Å². The highest BCUT2D eigenvalue weighted by Crippen LogP contribution is 2.39. The number of rotatable bonds is 5. The quantitative estimate of drug-likeness (QED) is 0.278. The summed E-state index contributed by atoms with van der Waals surface area (Å²) in [7, 11) is 0. The van der Waals surface area contributed by atoms with Gasteiger partial charge in [-0.2, -0.15) is 0 Å². The van der Waals surface area contributed by atoms with Gasteiger partial charge in [-0.05, 0) is 198 Å². The fraction of sp³-hybridized carbons (Fsp3) is 0.405. The van der Waals surface area contributed by atoms with Crippen molar-refractivity contribution in [2.75, 3.05) is 0 Å². The van der Waals surface area contributed by atoms with Crippen LogP contribution in [0.25, 0.3) is 11.1 Å². The van der Waals surface area contributed by atoms with Gasteiger partial charge in [0, 0.05) is 6.08 Å². The molecule has 0 heterocycles. The molecule has 0 saturated heterocycles. The van der Waals surface area contributed by atoms with Crippen molar-refractivity contribution in [1.82, 2.24) is 0 Å². The molecular formula is C42H54O2. The highest BCUT2D eigenvalue weighted by molar-refractivity contribution is 5.81. The van der Waals surface area contributed by atoms with E-state index >= 15 is 0 Å². The molecule has 44 heavy (non-hydrogen) atoms. The number of carboxylic acids is 1. The summed E-state index contributed by atoms with van der Waals surface area (Å²) >= 11 is 0. The smallest absolute Gasteiger partial charge is 0.328 e. The van der Waals surface area contributed by atoms with Gasteiger partial charge in [0.1, 0.15) is 0 Å². The zero-order valence-electron chi connectivity index (χ0n) is 29.2. The molecule has 0 bridgehead atoms. The fourth-order valence-corrected chi connectivity index (χ4v) is 6.74. The Morgan fingerprint density at radius 2 is 0.955 bits per heavy atom. The first kappa shape index (κ1) is 34.8. The van der Waals surface area contributed by atoms with E-state index in [1.165, 1.54) is 110 Å². The summed E-state index contributed by atoms with van der Waals surface area (Å²) in [5.41, 5.74) is 22.5. The predicted molar refractivity (Wildman–Crippen MR) is 192 cm³/mol. The van der Waals surface area contributed by atoms with Crippen molar-refractivity contribution < 1.29 is 9.90 Å². The molecule has 2 aromatic rings. The van der Waals surface area contributed by atoms with E-state index < -0.39 is 5.97 Å². The van der Waals surface area contributed by atoms with Gasteiger partial charge in [-0.1, -0.05) is 48.1 Å². The molecular weight excluding hydrogens is 536 g/mol. The molecule has 0 fully saturated rings. The van der Waals surface area contributed by atoms with Crippen molar-refractivity contribution >= 4 is 17.1 Å². The maximum atomic E-state index is 10.7. The van der Waals surface area contributed by atoms with Crippen molar-refractivity contribution in [1.29, 1.82) is 0 Å². The number of fused-ring (bicyclic) bond motifs is 2. The first-order chi connectivity index (χ1) is 20.8. The Morgan fingerprint density at radius 1 is 0.568 bits per heavy atom. The van der Waals surface area contributed by atoms with Crippen LogP contribution in [-0.4, -0.2) is 11.1 Å². The number of carboxylic acid groups (broad SMARTS) is 1. The van der Waals surface area contributed by atoms with Gasteiger partial charge in [0.05, 0.1) is 0 Å². The van der Waals surface area contributed by atoms with Crippen LogP contribution >= 0.6 is 0 Å². The number of hydrogen-bond acceptors (Lipinski definition) is 1. The summed E-state index contributed by atoms with van der Waals surface area (Å²) in [6.07, 6.45) is 23.2. The number of aliphatic carboxylic acids is 1. The second kappa shape index (κ2) is 15.4. The van der Waals surface area contributed by atoms with Gasteiger partial charge >= 0.3 is 5.97 Å². The topological polar surface area (TPSA) is 37.3 Å². The van der Waals surface area contributed by atoms with Crippen LogP contribution in [0.4, 0.5) is 0 Å². The lowest BCUT2D eigenvalue weighted by atomic mass is 9.78. The molecule has 2 aromatic carbocycles. The Balaban J connectivity index is 0.000000241. The summed E-state index contributed by atoms with van der Waals surface area (Å²) < 4.78 is 0. The minimum absolute atomic E-state index is 0.748. The van der Waals surface area contributed by atoms with E-state index in [0.29, 0.717) is 0 Å². The Kier molecular flexibility index (Phi) is 12.2. The van der Waals surface area contributed by atoms with Crippen molar-refractivity contribution in [3.8, 4) is 0 Å². The summed E-state index contributed by atoms with van der Waals surface area (Å²) in [6, 6.07) is 0. The van der Waals surface area contributed by atoms with E-state index in [1.54, 1.807) is 12.5 Å². The normalized spacial score (nSPS) is 17.2. The molecule has 2 nitrogen and oxygen atoms in total. The molecule has 0 saturated carbocycles. The SMILES string of the molecule is C/C=C(C)/C=C/C=C1CCCc2c(C)c(C)c(C)c(C)c21.CC(/C=C/C=C1CCCc2c(C)c(C)c(C)c(C)c21)=C\C(=O)O. The molecule has 0 amide bonds.